The molecular formula is C11H8Cl2O2. The number of halogens is 2. The summed E-state index contributed by atoms with van der Waals surface area (Å²) >= 11 is 11.9. The van der Waals surface area contributed by atoms with Crippen molar-refractivity contribution < 1.29 is 9.53 Å². The predicted molar refractivity (Wildman–Crippen MR) is 59.4 cm³/mol. The summed E-state index contributed by atoms with van der Waals surface area (Å²) in [5.41, 5.74) is 0.975. The molecule has 15 heavy (non-hydrogen) atoms. The molecule has 0 N–H and O–H groups in total. The second-order valence-electron chi connectivity index (χ2n) is 3.19. The van der Waals surface area contributed by atoms with Crippen LogP contribution >= 0.6 is 23.2 Å². The molecule has 0 amide bonds. The Hall–Kier alpha value is -0.990. The van der Waals surface area contributed by atoms with E-state index in [1.54, 1.807) is 18.2 Å². The van der Waals surface area contributed by atoms with Crippen molar-refractivity contribution >= 4 is 29.0 Å². The van der Waals surface area contributed by atoms with Crippen molar-refractivity contribution in [2.45, 2.75) is 6.42 Å². The van der Waals surface area contributed by atoms with E-state index in [-0.39, 0.29) is 5.78 Å². The lowest BCUT2D eigenvalue weighted by Gasteiger charge is -2.04. The third-order valence-electron chi connectivity index (χ3n) is 2.20. The molecule has 1 aliphatic rings. The SMILES string of the molecule is O=C(C1=COCC1)c1c(Cl)cccc1Cl. The lowest BCUT2D eigenvalue weighted by Crippen LogP contribution is -2.03. The molecule has 1 aliphatic heterocycles. The number of rotatable bonds is 2. The Morgan fingerprint density at radius 1 is 1.27 bits per heavy atom. The van der Waals surface area contributed by atoms with Crippen molar-refractivity contribution in [3.8, 4) is 0 Å². The second kappa shape index (κ2) is 4.25. The van der Waals surface area contributed by atoms with Crippen molar-refractivity contribution in [1.82, 2.24) is 0 Å². The molecule has 0 aromatic heterocycles. The molecule has 0 spiro atoms. The Kier molecular flexibility index (Phi) is 2.98. The minimum Gasteiger partial charge on any atom is -0.500 e. The van der Waals surface area contributed by atoms with Crippen molar-refractivity contribution in [3.63, 3.8) is 0 Å². The van der Waals surface area contributed by atoms with Gasteiger partial charge in [0.25, 0.3) is 0 Å². The van der Waals surface area contributed by atoms with Crippen molar-refractivity contribution in [2.24, 2.45) is 0 Å². The van der Waals surface area contributed by atoms with Crippen LogP contribution in [0, 0.1) is 0 Å². The molecule has 2 nitrogen and oxygen atoms in total. The molecule has 78 valence electrons. The molecular weight excluding hydrogens is 235 g/mol. The topological polar surface area (TPSA) is 26.3 Å². The molecule has 2 rings (SSSR count). The highest BCUT2D eigenvalue weighted by atomic mass is 35.5. The maximum absolute atomic E-state index is 12.0. The van der Waals surface area contributed by atoms with Gasteiger partial charge in [0.05, 0.1) is 28.5 Å². The summed E-state index contributed by atoms with van der Waals surface area (Å²) in [7, 11) is 0. The van der Waals surface area contributed by atoms with Gasteiger partial charge in [-0.1, -0.05) is 29.3 Å². The van der Waals surface area contributed by atoms with Crippen LogP contribution in [0.4, 0.5) is 0 Å². The molecule has 1 heterocycles. The number of ketones is 1. The fraction of sp³-hybridized carbons (Fsp3) is 0.182. The van der Waals surface area contributed by atoms with Gasteiger partial charge in [-0.05, 0) is 12.1 Å². The van der Waals surface area contributed by atoms with E-state index in [0.29, 0.717) is 34.2 Å². The number of carbonyl (C=O) groups excluding carboxylic acids is 1. The molecule has 0 atom stereocenters. The number of hydrogen-bond acceptors (Lipinski definition) is 2. The number of carbonyl (C=O) groups is 1. The number of Topliss-reactive ketones (excluding diaryl/α,β-unsaturated/α-hetero) is 1. The standard InChI is InChI=1S/C11H8Cl2O2/c12-8-2-1-3-9(13)10(8)11(14)7-4-5-15-6-7/h1-3,6H,4-5H2. The molecule has 1 aromatic rings. The molecule has 0 saturated carbocycles. The lowest BCUT2D eigenvalue weighted by molar-refractivity contribution is 0.103. The van der Waals surface area contributed by atoms with Gasteiger partial charge in [0.2, 0.25) is 0 Å². The van der Waals surface area contributed by atoms with Crippen LogP contribution in [-0.4, -0.2) is 12.4 Å². The predicted octanol–water partition coefficient (Wildman–Crippen LogP) is 3.48. The summed E-state index contributed by atoms with van der Waals surface area (Å²) in [5.74, 6) is -0.150. The molecule has 0 bridgehead atoms. The van der Waals surface area contributed by atoms with E-state index in [1.807, 2.05) is 0 Å². The van der Waals surface area contributed by atoms with E-state index < -0.39 is 0 Å². The van der Waals surface area contributed by atoms with Gasteiger partial charge >= 0.3 is 0 Å². The van der Waals surface area contributed by atoms with Crippen LogP contribution in [0.15, 0.2) is 30.0 Å². The maximum Gasteiger partial charge on any atom is 0.195 e. The zero-order valence-electron chi connectivity index (χ0n) is 7.80. The summed E-state index contributed by atoms with van der Waals surface area (Å²) in [4.78, 5) is 12.0. The minimum atomic E-state index is -0.150. The summed E-state index contributed by atoms with van der Waals surface area (Å²) in [6.07, 6.45) is 2.09. The van der Waals surface area contributed by atoms with Gasteiger partial charge in [0.15, 0.2) is 5.78 Å². The van der Waals surface area contributed by atoms with E-state index in [0.717, 1.165) is 0 Å². The van der Waals surface area contributed by atoms with E-state index in [2.05, 4.69) is 0 Å². The van der Waals surface area contributed by atoms with Crippen LogP contribution in [0.5, 0.6) is 0 Å². The molecule has 0 aliphatic carbocycles. The third-order valence-corrected chi connectivity index (χ3v) is 2.83. The summed E-state index contributed by atoms with van der Waals surface area (Å²) in [6, 6.07) is 5.01. The highest BCUT2D eigenvalue weighted by molar-refractivity contribution is 6.40. The Bertz CT molecular complexity index is 418. The van der Waals surface area contributed by atoms with Gasteiger partial charge in [-0.2, -0.15) is 0 Å². The highest BCUT2D eigenvalue weighted by Crippen LogP contribution is 2.28. The first kappa shape index (κ1) is 10.5. The van der Waals surface area contributed by atoms with Crippen LogP contribution in [0.3, 0.4) is 0 Å². The number of ether oxygens (including phenoxy) is 1. The van der Waals surface area contributed by atoms with Gasteiger partial charge in [-0.25, -0.2) is 0 Å². The second-order valence-corrected chi connectivity index (χ2v) is 4.00. The largest absolute Gasteiger partial charge is 0.500 e. The van der Waals surface area contributed by atoms with Crippen LogP contribution in [0.2, 0.25) is 10.0 Å². The zero-order chi connectivity index (χ0) is 10.8. The van der Waals surface area contributed by atoms with Gasteiger partial charge in [-0.3, -0.25) is 4.79 Å². The summed E-state index contributed by atoms with van der Waals surface area (Å²) in [6.45, 7) is 0.545. The fourth-order valence-corrected chi connectivity index (χ4v) is 2.00. The first-order valence-corrected chi connectivity index (χ1v) is 5.25. The van der Waals surface area contributed by atoms with E-state index in [1.165, 1.54) is 6.26 Å². The quantitative estimate of drug-likeness (QED) is 0.743. The molecule has 0 radical (unpaired) electrons. The van der Waals surface area contributed by atoms with Crippen LogP contribution in [0.1, 0.15) is 16.8 Å². The first-order chi connectivity index (χ1) is 7.20. The van der Waals surface area contributed by atoms with E-state index in [9.17, 15) is 4.79 Å². The Morgan fingerprint density at radius 2 is 1.93 bits per heavy atom. The number of benzene rings is 1. The van der Waals surface area contributed by atoms with E-state index in [4.69, 9.17) is 27.9 Å². The minimum absolute atomic E-state index is 0.150. The summed E-state index contributed by atoms with van der Waals surface area (Å²) in [5, 5.41) is 0.751. The number of hydrogen-bond donors (Lipinski definition) is 0. The van der Waals surface area contributed by atoms with E-state index >= 15 is 0 Å². The first-order valence-electron chi connectivity index (χ1n) is 4.49. The maximum atomic E-state index is 12.0. The average molecular weight is 243 g/mol. The normalized spacial score (nSPS) is 14.7. The van der Waals surface area contributed by atoms with Gasteiger partial charge in [0.1, 0.15) is 0 Å². The Morgan fingerprint density at radius 3 is 2.47 bits per heavy atom. The smallest absolute Gasteiger partial charge is 0.195 e. The molecule has 0 unspecified atom stereocenters. The molecule has 1 aromatic carbocycles. The van der Waals surface area contributed by atoms with Gasteiger partial charge in [0, 0.05) is 12.0 Å². The van der Waals surface area contributed by atoms with Crippen molar-refractivity contribution in [3.05, 3.63) is 45.6 Å². The lowest BCUT2D eigenvalue weighted by atomic mass is 10.0. The van der Waals surface area contributed by atoms with Gasteiger partial charge < -0.3 is 4.74 Å². The van der Waals surface area contributed by atoms with Crippen LogP contribution < -0.4 is 0 Å². The zero-order valence-corrected chi connectivity index (χ0v) is 9.31. The molecule has 0 saturated heterocycles. The van der Waals surface area contributed by atoms with Crippen LogP contribution in [-0.2, 0) is 4.74 Å². The van der Waals surface area contributed by atoms with Crippen LogP contribution in [0.25, 0.3) is 0 Å². The highest BCUT2D eigenvalue weighted by Gasteiger charge is 2.21. The fourth-order valence-electron chi connectivity index (χ4n) is 1.43. The average Bonchev–Trinajstić information content (AvgIpc) is 2.69. The third kappa shape index (κ3) is 2.01. The Balaban J connectivity index is 2.41. The Labute approximate surface area is 97.4 Å². The monoisotopic (exact) mass is 242 g/mol. The molecule has 0 fully saturated rings. The molecule has 4 heteroatoms. The summed E-state index contributed by atoms with van der Waals surface area (Å²) < 4.78 is 5.01. The van der Waals surface area contributed by atoms with Gasteiger partial charge in [-0.15, -0.1) is 0 Å². The van der Waals surface area contributed by atoms with Crippen molar-refractivity contribution in [2.75, 3.05) is 6.61 Å². The van der Waals surface area contributed by atoms with Crippen molar-refractivity contribution in [1.29, 1.82) is 0 Å².